The van der Waals surface area contributed by atoms with E-state index >= 15 is 0 Å². The van der Waals surface area contributed by atoms with Gasteiger partial charge in [0.1, 0.15) is 61.0 Å². The van der Waals surface area contributed by atoms with Crippen molar-refractivity contribution in [2.75, 3.05) is 40.1 Å². The van der Waals surface area contributed by atoms with Crippen LogP contribution in [0.4, 0.5) is 0 Å². The second-order valence-corrected chi connectivity index (χ2v) is 17.9. The van der Waals surface area contributed by atoms with E-state index in [1.165, 1.54) is 0 Å². The number of unbranched alkanes of at least 4 members (excludes halogenated alkanes) is 3. The Balaban J connectivity index is 0.929. The van der Waals surface area contributed by atoms with Crippen LogP contribution in [0.5, 0.6) is 0 Å². The van der Waals surface area contributed by atoms with Gasteiger partial charge in [0.15, 0.2) is 18.0 Å². The van der Waals surface area contributed by atoms with Crippen molar-refractivity contribution < 1.29 is 66.5 Å². The van der Waals surface area contributed by atoms with Crippen molar-refractivity contribution in [3.8, 4) is 0 Å². The van der Waals surface area contributed by atoms with E-state index < -0.39 is 65.6 Å². The Morgan fingerprint density at radius 1 is 0.860 bits per heavy atom. The number of hydrogen-bond donors (Lipinski definition) is 0. The van der Waals surface area contributed by atoms with E-state index in [-0.39, 0.29) is 61.0 Å². The number of epoxide rings is 3. The third-order valence-corrected chi connectivity index (χ3v) is 14.5. The molecule has 14 atom stereocenters. The minimum atomic E-state index is -0.866. The van der Waals surface area contributed by atoms with Gasteiger partial charge in [0, 0.05) is 37.9 Å². The molecule has 0 aromatic heterocycles. The molecule has 8 aliphatic rings. The van der Waals surface area contributed by atoms with Crippen LogP contribution in [0.2, 0.25) is 0 Å². The van der Waals surface area contributed by atoms with Crippen LogP contribution in [-0.2, 0) is 66.5 Å². The van der Waals surface area contributed by atoms with Gasteiger partial charge in [-0.2, -0.15) is 0 Å². The van der Waals surface area contributed by atoms with E-state index in [1.807, 2.05) is 0 Å². The SMILES string of the molecule is CCCCOC1[C@H](OCCCC)C(COC(=O)CCC(=O)O[C@@H]2[C@@]3(C(C)C)O[C@H]3[C@@H]3O[C@]34[C@]23O[C@H]3C[C@H]2C3=C(CC[C@@]24C)C(=O)OC3)O[C@H](OC)[C@H]1OCCCC. The largest absolute Gasteiger partial charge is 0.463 e. The third kappa shape index (κ3) is 6.53. The highest BCUT2D eigenvalue weighted by molar-refractivity contribution is 5.92. The van der Waals surface area contributed by atoms with Crippen LogP contribution in [0.25, 0.3) is 0 Å². The number of hydrogen-bond acceptors (Lipinski definition) is 14. The van der Waals surface area contributed by atoms with Crippen molar-refractivity contribution in [2.45, 2.75) is 184 Å². The van der Waals surface area contributed by atoms with Crippen LogP contribution in [0, 0.1) is 17.3 Å². The Labute approximate surface area is 336 Å². The summed E-state index contributed by atoms with van der Waals surface area (Å²) in [6.45, 7) is 14.4. The second-order valence-electron chi connectivity index (χ2n) is 17.9. The molecule has 8 rings (SSSR count). The Hall–Kier alpha value is -2.17. The molecule has 2 saturated carbocycles. The first-order valence-electron chi connectivity index (χ1n) is 21.8. The molecule has 2 unspecified atom stereocenters. The molecule has 0 N–H and O–H groups in total. The highest BCUT2D eigenvalue weighted by Gasteiger charge is 3.01. The van der Waals surface area contributed by atoms with Gasteiger partial charge in [0.2, 0.25) is 0 Å². The summed E-state index contributed by atoms with van der Waals surface area (Å²) in [5, 5.41) is 0. The molecule has 6 fully saturated rings. The molecule has 0 radical (unpaired) electrons. The lowest BCUT2D eigenvalue weighted by Gasteiger charge is -2.53. The van der Waals surface area contributed by atoms with Crippen molar-refractivity contribution in [1.29, 1.82) is 0 Å². The van der Waals surface area contributed by atoms with E-state index in [4.69, 9.17) is 52.1 Å². The number of carbonyl (C=O) groups excluding carboxylic acids is 3. The fourth-order valence-corrected chi connectivity index (χ4v) is 11.3. The average Bonchev–Trinajstić information content (AvgIpc) is 4.13. The predicted octanol–water partition coefficient (Wildman–Crippen LogP) is 4.90. The molecule has 320 valence electrons. The van der Waals surface area contributed by atoms with Gasteiger partial charge in [-0.25, -0.2) is 4.79 Å². The fourth-order valence-electron chi connectivity index (χ4n) is 11.3. The monoisotopic (exact) mass is 804 g/mol. The van der Waals surface area contributed by atoms with E-state index in [9.17, 15) is 14.4 Å². The molecular weight excluding hydrogens is 740 g/mol. The van der Waals surface area contributed by atoms with Gasteiger partial charge < -0.3 is 52.1 Å². The molecule has 5 heterocycles. The molecule has 57 heavy (non-hydrogen) atoms. The molecule has 0 aromatic carbocycles. The van der Waals surface area contributed by atoms with Crippen LogP contribution in [0.15, 0.2) is 11.1 Å². The zero-order valence-electron chi connectivity index (χ0n) is 34.9. The minimum absolute atomic E-state index is 0.0177. The topological polar surface area (TPSA) is 163 Å². The van der Waals surface area contributed by atoms with Crippen molar-refractivity contribution >= 4 is 17.9 Å². The van der Waals surface area contributed by atoms with E-state index in [2.05, 4.69) is 41.5 Å². The Bertz CT molecular complexity index is 1570. The van der Waals surface area contributed by atoms with Gasteiger partial charge in [0.05, 0.1) is 18.9 Å². The van der Waals surface area contributed by atoms with Gasteiger partial charge in [0.25, 0.3) is 0 Å². The number of ether oxygens (including phenoxy) is 11. The molecule has 5 aliphatic heterocycles. The maximum absolute atomic E-state index is 13.8. The number of carbonyl (C=O) groups is 3. The van der Waals surface area contributed by atoms with Crippen LogP contribution < -0.4 is 0 Å². The van der Waals surface area contributed by atoms with Gasteiger partial charge in [-0.15, -0.1) is 0 Å². The lowest BCUT2D eigenvalue weighted by atomic mass is 9.46. The summed E-state index contributed by atoms with van der Waals surface area (Å²) in [5.74, 6) is -1.21. The summed E-state index contributed by atoms with van der Waals surface area (Å²) >= 11 is 0. The second kappa shape index (κ2) is 16.0. The summed E-state index contributed by atoms with van der Waals surface area (Å²) < 4.78 is 69.0. The van der Waals surface area contributed by atoms with Gasteiger partial charge in [-0.1, -0.05) is 60.8 Å². The molecule has 2 spiro atoms. The van der Waals surface area contributed by atoms with Crippen LogP contribution in [0.1, 0.15) is 112 Å². The van der Waals surface area contributed by atoms with Crippen molar-refractivity contribution in [1.82, 2.24) is 0 Å². The van der Waals surface area contributed by atoms with Crippen molar-refractivity contribution in [3.63, 3.8) is 0 Å². The number of cyclic esters (lactones) is 1. The molecule has 0 aromatic rings. The fraction of sp³-hybridized carbons (Fsp3) is 0.884. The van der Waals surface area contributed by atoms with Crippen LogP contribution in [-0.4, -0.2) is 130 Å². The van der Waals surface area contributed by atoms with Crippen LogP contribution >= 0.6 is 0 Å². The molecule has 0 bridgehead atoms. The molecule has 0 amide bonds. The van der Waals surface area contributed by atoms with Crippen molar-refractivity contribution in [2.24, 2.45) is 17.3 Å². The predicted molar refractivity (Wildman–Crippen MR) is 201 cm³/mol. The van der Waals surface area contributed by atoms with Gasteiger partial charge in [-0.05, 0) is 55.9 Å². The molecular formula is C43H64O14. The molecule has 4 saturated heterocycles. The lowest BCUT2D eigenvalue weighted by molar-refractivity contribution is -0.317. The maximum atomic E-state index is 13.8. The Kier molecular flexibility index (Phi) is 11.7. The summed E-state index contributed by atoms with van der Waals surface area (Å²) in [6.07, 6.45) is 2.82. The number of rotatable bonds is 20. The zero-order valence-corrected chi connectivity index (χ0v) is 34.9. The minimum Gasteiger partial charge on any atom is -0.463 e. The number of esters is 3. The number of fused-ring (bicyclic) bond motifs is 4. The van der Waals surface area contributed by atoms with E-state index in [0.29, 0.717) is 39.3 Å². The first-order chi connectivity index (χ1) is 27.5. The lowest BCUT2D eigenvalue weighted by Crippen LogP contribution is -2.70. The normalized spacial score (nSPS) is 43.2. The highest BCUT2D eigenvalue weighted by atomic mass is 16.8. The summed E-state index contributed by atoms with van der Waals surface area (Å²) in [6, 6.07) is 0. The third-order valence-electron chi connectivity index (χ3n) is 14.5. The molecule has 14 nitrogen and oxygen atoms in total. The highest BCUT2D eigenvalue weighted by Crippen LogP contribution is 2.83. The van der Waals surface area contributed by atoms with E-state index in [0.717, 1.165) is 56.1 Å². The maximum Gasteiger partial charge on any atom is 0.334 e. The quantitative estimate of drug-likeness (QED) is 0.0707. The van der Waals surface area contributed by atoms with Gasteiger partial charge in [-0.3, -0.25) is 9.59 Å². The Morgan fingerprint density at radius 3 is 2.19 bits per heavy atom. The van der Waals surface area contributed by atoms with Crippen molar-refractivity contribution in [3.05, 3.63) is 11.1 Å². The zero-order chi connectivity index (χ0) is 40.3. The average molecular weight is 805 g/mol. The Morgan fingerprint density at radius 2 is 1.53 bits per heavy atom. The molecule has 3 aliphatic carbocycles. The summed E-state index contributed by atoms with van der Waals surface area (Å²) in [7, 11) is 1.56. The van der Waals surface area contributed by atoms with Crippen LogP contribution in [0.3, 0.4) is 0 Å². The summed E-state index contributed by atoms with van der Waals surface area (Å²) in [4.78, 5) is 39.7. The smallest absolute Gasteiger partial charge is 0.334 e. The first-order valence-corrected chi connectivity index (χ1v) is 21.8. The van der Waals surface area contributed by atoms with E-state index in [1.54, 1.807) is 7.11 Å². The number of methoxy groups -OCH3 is 1. The standard InChI is InChI=1S/C43H64O14/c1-8-11-18-48-32-28(53-38(47-7)34(50-20-13-10-3)33(32)49-19-12-9-2)23-51-30(44)14-15-31(45)54-39-41(24(4)5)35(56-41)36-43(57-36)40(6)17-16-25-26(22-52-37(25)46)27(40)21-29-42(39,43)55-29/h24,27-29,32-36,38-39H,8-23H2,1-7H3/t27-,28?,29-,32+,33?,34-,35-,36-,38-,39+,40-,41-,42+,43+/m0/s1. The van der Waals surface area contributed by atoms with Gasteiger partial charge >= 0.3 is 17.9 Å². The summed E-state index contributed by atoms with van der Waals surface area (Å²) in [5.41, 5.74) is -0.812. The first kappa shape index (κ1) is 41.6. The molecule has 14 heteroatoms.